The Balaban J connectivity index is 2.25. The Morgan fingerprint density at radius 1 is 1.14 bits per heavy atom. The van der Waals surface area contributed by atoms with E-state index in [1.807, 2.05) is 18.2 Å². The Bertz CT molecular complexity index is 592. The molecule has 1 atom stereocenters. The quantitative estimate of drug-likeness (QED) is 0.851. The first-order valence-corrected chi connectivity index (χ1v) is 6.93. The molecule has 1 unspecified atom stereocenters. The normalized spacial score (nSPS) is 12.4. The minimum atomic E-state index is -2.84. The van der Waals surface area contributed by atoms with Crippen LogP contribution in [0.4, 0.5) is 8.78 Å². The van der Waals surface area contributed by atoms with Crippen molar-refractivity contribution < 1.29 is 13.5 Å². The highest BCUT2D eigenvalue weighted by Gasteiger charge is 2.17. The molecule has 0 aromatic heterocycles. The van der Waals surface area contributed by atoms with Gasteiger partial charge in [-0.15, -0.1) is 0 Å². The lowest BCUT2D eigenvalue weighted by atomic mass is 9.98. The van der Waals surface area contributed by atoms with Gasteiger partial charge in [-0.1, -0.05) is 41.9 Å². The van der Waals surface area contributed by atoms with E-state index in [1.165, 1.54) is 0 Å². The van der Waals surface area contributed by atoms with E-state index in [9.17, 15) is 8.78 Å². The van der Waals surface area contributed by atoms with Crippen LogP contribution in [0.1, 0.15) is 17.2 Å². The molecule has 112 valence electrons. The van der Waals surface area contributed by atoms with Crippen LogP contribution in [-0.2, 0) is 6.42 Å². The van der Waals surface area contributed by atoms with Crippen molar-refractivity contribution in [2.24, 2.45) is 0 Å². The molecule has 0 amide bonds. The third kappa shape index (κ3) is 4.41. The molecular weight excluding hydrogens is 296 g/mol. The van der Waals surface area contributed by atoms with Crippen LogP contribution in [0.15, 0.2) is 48.5 Å². The fourth-order valence-electron chi connectivity index (χ4n) is 2.24. The third-order valence-corrected chi connectivity index (χ3v) is 3.42. The highest BCUT2D eigenvalue weighted by molar-refractivity contribution is 6.30. The zero-order valence-corrected chi connectivity index (χ0v) is 12.3. The molecular formula is C16H16ClF2NO. The van der Waals surface area contributed by atoms with E-state index < -0.39 is 6.61 Å². The van der Waals surface area contributed by atoms with Crippen molar-refractivity contribution in [1.29, 1.82) is 0 Å². The minimum Gasteiger partial charge on any atom is -0.434 e. The number of likely N-dealkylation sites (N-methyl/N-ethyl adjacent to an activating group) is 1. The van der Waals surface area contributed by atoms with Gasteiger partial charge in [0.05, 0.1) is 0 Å². The maximum absolute atomic E-state index is 12.5. The van der Waals surface area contributed by atoms with Crippen molar-refractivity contribution in [3.8, 4) is 5.75 Å². The van der Waals surface area contributed by atoms with Crippen LogP contribution in [0.2, 0.25) is 5.02 Å². The van der Waals surface area contributed by atoms with Crippen LogP contribution in [0.5, 0.6) is 5.75 Å². The summed E-state index contributed by atoms with van der Waals surface area (Å²) in [5, 5.41) is 3.78. The Morgan fingerprint density at radius 3 is 2.57 bits per heavy atom. The summed E-state index contributed by atoms with van der Waals surface area (Å²) in [6.07, 6.45) is 0.626. The summed E-state index contributed by atoms with van der Waals surface area (Å²) >= 11 is 5.97. The fraction of sp³-hybridized carbons (Fsp3) is 0.250. The topological polar surface area (TPSA) is 21.3 Å². The van der Waals surface area contributed by atoms with Gasteiger partial charge in [-0.3, -0.25) is 0 Å². The van der Waals surface area contributed by atoms with Gasteiger partial charge in [-0.2, -0.15) is 8.78 Å². The van der Waals surface area contributed by atoms with Gasteiger partial charge in [0.15, 0.2) is 0 Å². The van der Waals surface area contributed by atoms with Gasteiger partial charge in [-0.25, -0.2) is 0 Å². The Morgan fingerprint density at radius 2 is 1.90 bits per heavy atom. The van der Waals surface area contributed by atoms with Crippen LogP contribution < -0.4 is 10.1 Å². The average molecular weight is 312 g/mol. The van der Waals surface area contributed by atoms with E-state index in [2.05, 4.69) is 10.1 Å². The maximum atomic E-state index is 12.5. The molecule has 0 aliphatic heterocycles. The predicted octanol–water partition coefficient (Wildman–Crippen LogP) is 4.44. The van der Waals surface area contributed by atoms with Crippen molar-refractivity contribution in [3.63, 3.8) is 0 Å². The molecule has 0 heterocycles. The number of hydrogen-bond donors (Lipinski definition) is 1. The second-order valence-electron chi connectivity index (χ2n) is 4.59. The molecule has 0 aliphatic carbocycles. The molecule has 2 nitrogen and oxygen atoms in total. The zero-order valence-electron chi connectivity index (χ0n) is 11.5. The molecule has 0 bridgehead atoms. The smallest absolute Gasteiger partial charge is 0.387 e. The molecule has 2 aromatic carbocycles. The van der Waals surface area contributed by atoms with Gasteiger partial charge in [-0.05, 0) is 37.2 Å². The molecule has 2 rings (SSSR count). The number of benzene rings is 2. The van der Waals surface area contributed by atoms with E-state index >= 15 is 0 Å². The first kappa shape index (κ1) is 15.7. The van der Waals surface area contributed by atoms with Gasteiger partial charge >= 0.3 is 6.61 Å². The van der Waals surface area contributed by atoms with Gasteiger partial charge in [0, 0.05) is 16.6 Å². The molecule has 0 fully saturated rings. The summed E-state index contributed by atoms with van der Waals surface area (Å²) in [7, 11) is 1.79. The highest BCUT2D eigenvalue weighted by atomic mass is 35.5. The summed E-state index contributed by atoms with van der Waals surface area (Å²) in [6, 6.07) is 14.1. The molecule has 0 aliphatic rings. The summed E-state index contributed by atoms with van der Waals surface area (Å²) in [4.78, 5) is 0. The van der Waals surface area contributed by atoms with Crippen molar-refractivity contribution in [2.45, 2.75) is 19.1 Å². The summed E-state index contributed by atoms with van der Waals surface area (Å²) in [5.41, 5.74) is 1.72. The molecule has 0 radical (unpaired) electrons. The Kier molecular flexibility index (Phi) is 5.53. The Hall–Kier alpha value is -1.65. The second kappa shape index (κ2) is 7.38. The van der Waals surface area contributed by atoms with Crippen molar-refractivity contribution in [2.75, 3.05) is 7.05 Å². The average Bonchev–Trinajstić information content (AvgIpc) is 2.45. The molecule has 5 heteroatoms. The number of nitrogens with one attached hydrogen (secondary N) is 1. The molecule has 2 aromatic rings. The first-order valence-electron chi connectivity index (χ1n) is 6.55. The standard InChI is InChI=1S/C16H16ClF2NO/c1-20-14(10-11-5-4-6-12(17)9-11)13-7-2-3-8-15(13)21-16(18)19/h2-9,14,16,20H,10H2,1H3. The summed E-state index contributed by atoms with van der Waals surface area (Å²) in [6.45, 7) is -2.84. The number of halogens is 3. The van der Waals surface area contributed by atoms with Crippen LogP contribution in [-0.4, -0.2) is 13.7 Å². The SMILES string of the molecule is CNC(Cc1cccc(Cl)c1)c1ccccc1OC(F)F. The van der Waals surface area contributed by atoms with Crippen molar-refractivity contribution in [3.05, 3.63) is 64.7 Å². The molecule has 21 heavy (non-hydrogen) atoms. The first-order chi connectivity index (χ1) is 10.1. The summed E-state index contributed by atoms with van der Waals surface area (Å²) in [5.74, 6) is 0.189. The number of hydrogen-bond acceptors (Lipinski definition) is 2. The molecule has 0 saturated carbocycles. The maximum Gasteiger partial charge on any atom is 0.387 e. The predicted molar refractivity (Wildman–Crippen MR) is 80.0 cm³/mol. The van der Waals surface area contributed by atoms with Crippen LogP contribution >= 0.6 is 11.6 Å². The zero-order chi connectivity index (χ0) is 15.2. The van der Waals surface area contributed by atoms with Gasteiger partial charge in [0.2, 0.25) is 0 Å². The van der Waals surface area contributed by atoms with Gasteiger partial charge in [0.25, 0.3) is 0 Å². The Labute approximate surface area is 127 Å². The lowest BCUT2D eigenvalue weighted by Gasteiger charge is -2.20. The largest absolute Gasteiger partial charge is 0.434 e. The van der Waals surface area contributed by atoms with E-state index in [0.717, 1.165) is 5.56 Å². The second-order valence-corrected chi connectivity index (χ2v) is 5.03. The van der Waals surface area contributed by atoms with E-state index in [0.29, 0.717) is 17.0 Å². The molecule has 0 spiro atoms. The van der Waals surface area contributed by atoms with Gasteiger partial charge < -0.3 is 10.1 Å². The highest BCUT2D eigenvalue weighted by Crippen LogP contribution is 2.29. The number of rotatable bonds is 6. The van der Waals surface area contributed by atoms with Crippen LogP contribution in [0, 0.1) is 0 Å². The van der Waals surface area contributed by atoms with E-state index in [1.54, 1.807) is 37.4 Å². The van der Waals surface area contributed by atoms with Crippen LogP contribution in [0.3, 0.4) is 0 Å². The molecule has 0 saturated heterocycles. The monoisotopic (exact) mass is 311 g/mol. The molecule has 1 N–H and O–H groups in total. The van der Waals surface area contributed by atoms with E-state index in [-0.39, 0.29) is 11.8 Å². The van der Waals surface area contributed by atoms with Crippen molar-refractivity contribution in [1.82, 2.24) is 5.32 Å². The third-order valence-electron chi connectivity index (χ3n) is 3.19. The van der Waals surface area contributed by atoms with Crippen molar-refractivity contribution >= 4 is 11.6 Å². The summed E-state index contributed by atoms with van der Waals surface area (Å²) < 4.78 is 29.6. The number of ether oxygens (including phenoxy) is 1. The van der Waals surface area contributed by atoms with E-state index in [4.69, 9.17) is 11.6 Å². The lowest BCUT2D eigenvalue weighted by molar-refractivity contribution is -0.0507. The van der Waals surface area contributed by atoms with Crippen LogP contribution in [0.25, 0.3) is 0 Å². The minimum absolute atomic E-state index is 0.140. The lowest BCUT2D eigenvalue weighted by Crippen LogP contribution is -2.20. The number of para-hydroxylation sites is 1. The van der Waals surface area contributed by atoms with Gasteiger partial charge in [0.1, 0.15) is 5.75 Å². The number of alkyl halides is 2. The fourth-order valence-corrected chi connectivity index (χ4v) is 2.45.